The molecule has 0 spiro atoms. The number of benzene rings is 2. The summed E-state index contributed by atoms with van der Waals surface area (Å²) in [6, 6.07) is 13.0. The van der Waals surface area contributed by atoms with E-state index in [-0.39, 0.29) is 31.1 Å². The molecule has 1 aliphatic heterocycles. The van der Waals surface area contributed by atoms with Gasteiger partial charge in [0, 0.05) is 40.6 Å². The largest absolute Gasteiger partial charge is 0.461 e. The summed E-state index contributed by atoms with van der Waals surface area (Å²) in [7, 11) is 0. The zero-order valence-corrected chi connectivity index (χ0v) is 24.0. The van der Waals surface area contributed by atoms with Crippen LogP contribution in [-0.2, 0) is 24.2 Å². The molecule has 0 fully saturated rings. The Hall–Kier alpha value is -2.39. The smallest absolute Gasteiger partial charge is 0.356 e. The minimum Gasteiger partial charge on any atom is -0.461 e. The number of halogens is 3. The molecule has 4 rings (SSSR count). The Morgan fingerprint density at radius 2 is 1.92 bits per heavy atom. The van der Waals surface area contributed by atoms with Crippen LogP contribution >= 0.6 is 39.1 Å². The summed E-state index contributed by atoms with van der Waals surface area (Å²) in [6.45, 7) is 7.44. The summed E-state index contributed by atoms with van der Waals surface area (Å²) in [5.41, 5.74) is 3.55. The SMILES string of the molecule is CCOC(=O)c1c2c(nn1CCNC(C)c1ccc(Br)cc1)C[C@@H](C)N(C(=O)c1ccc(Cl)c(Cl)c1)C2. The van der Waals surface area contributed by atoms with Crippen molar-refractivity contribution in [2.24, 2.45) is 0 Å². The van der Waals surface area contributed by atoms with Gasteiger partial charge in [-0.3, -0.25) is 9.48 Å². The Bertz CT molecular complexity index is 1300. The first-order valence-corrected chi connectivity index (χ1v) is 13.7. The summed E-state index contributed by atoms with van der Waals surface area (Å²) in [5.74, 6) is -0.613. The number of nitrogens with zero attached hydrogens (tertiary/aromatic N) is 3. The van der Waals surface area contributed by atoms with Crippen molar-refractivity contribution in [3.05, 3.63) is 85.1 Å². The van der Waals surface area contributed by atoms with Gasteiger partial charge in [0.25, 0.3) is 5.91 Å². The average molecular weight is 608 g/mol. The minimum absolute atomic E-state index is 0.108. The van der Waals surface area contributed by atoms with Gasteiger partial charge in [-0.15, -0.1) is 0 Å². The first-order valence-electron chi connectivity index (χ1n) is 12.2. The summed E-state index contributed by atoms with van der Waals surface area (Å²) >= 11 is 15.6. The molecule has 10 heteroatoms. The molecule has 1 aromatic heterocycles. The van der Waals surface area contributed by atoms with Gasteiger partial charge in [0.05, 0.1) is 35.4 Å². The zero-order valence-electron chi connectivity index (χ0n) is 20.9. The molecule has 1 N–H and O–H groups in total. The van der Waals surface area contributed by atoms with Crippen molar-refractivity contribution in [2.75, 3.05) is 13.2 Å². The van der Waals surface area contributed by atoms with Gasteiger partial charge in [-0.25, -0.2) is 4.79 Å². The number of aromatic nitrogens is 2. The highest BCUT2D eigenvalue weighted by molar-refractivity contribution is 9.10. The lowest BCUT2D eigenvalue weighted by atomic mass is 9.98. The fourth-order valence-corrected chi connectivity index (χ4v) is 5.07. The highest BCUT2D eigenvalue weighted by atomic mass is 79.9. The average Bonchev–Trinajstić information content (AvgIpc) is 3.22. The van der Waals surface area contributed by atoms with Crippen LogP contribution in [0, 0.1) is 0 Å². The molecule has 2 atom stereocenters. The Morgan fingerprint density at radius 1 is 1.19 bits per heavy atom. The number of nitrogens with one attached hydrogen (secondary N) is 1. The van der Waals surface area contributed by atoms with Gasteiger partial charge in [0.2, 0.25) is 0 Å². The maximum Gasteiger partial charge on any atom is 0.356 e. The number of fused-ring (bicyclic) bond motifs is 1. The number of amides is 1. The molecule has 1 unspecified atom stereocenters. The fourth-order valence-electron chi connectivity index (χ4n) is 4.51. The van der Waals surface area contributed by atoms with E-state index in [2.05, 4.69) is 40.3 Å². The van der Waals surface area contributed by atoms with Crippen LogP contribution in [0.1, 0.15) is 64.5 Å². The van der Waals surface area contributed by atoms with E-state index in [0.717, 1.165) is 15.7 Å². The van der Waals surface area contributed by atoms with Crippen LogP contribution in [-0.4, -0.2) is 45.8 Å². The van der Waals surface area contributed by atoms with Gasteiger partial charge in [-0.1, -0.05) is 51.3 Å². The van der Waals surface area contributed by atoms with E-state index in [1.54, 1.807) is 34.7 Å². The molecule has 3 aromatic rings. The molecule has 7 nitrogen and oxygen atoms in total. The predicted molar refractivity (Wildman–Crippen MR) is 148 cm³/mol. The molecule has 0 saturated carbocycles. The van der Waals surface area contributed by atoms with Crippen LogP contribution in [0.15, 0.2) is 46.9 Å². The van der Waals surface area contributed by atoms with E-state index in [4.69, 9.17) is 33.0 Å². The third-order valence-electron chi connectivity index (χ3n) is 6.52. The Balaban J connectivity index is 1.55. The predicted octanol–water partition coefficient (Wildman–Crippen LogP) is 6.07. The lowest BCUT2D eigenvalue weighted by Gasteiger charge is -2.33. The fraction of sp³-hybridized carbons (Fsp3) is 0.370. The van der Waals surface area contributed by atoms with Crippen LogP contribution in [0.5, 0.6) is 0 Å². The molecule has 196 valence electrons. The van der Waals surface area contributed by atoms with Crippen molar-refractivity contribution in [1.29, 1.82) is 0 Å². The number of ether oxygens (including phenoxy) is 1. The number of carbonyl (C=O) groups excluding carboxylic acids is 2. The second-order valence-electron chi connectivity index (χ2n) is 9.06. The lowest BCUT2D eigenvalue weighted by Crippen LogP contribution is -2.42. The van der Waals surface area contributed by atoms with E-state index in [1.165, 1.54) is 5.56 Å². The second kappa shape index (κ2) is 12.0. The molecule has 0 saturated heterocycles. The lowest BCUT2D eigenvalue weighted by molar-refractivity contribution is 0.0502. The van der Waals surface area contributed by atoms with Crippen LogP contribution in [0.4, 0.5) is 0 Å². The Morgan fingerprint density at radius 3 is 2.59 bits per heavy atom. The Labute approximate surface area is 235 Å². The van der Waals surface area contributed by atoms with Gasteiger partial charge in [0.1, 0.15) is 0 Å². The van der Waals surface area contributed by atoms with Crippen molar-refractivity contribution < 1.29 is 14.3 Å². The quantitative estimate of drug-likeness (QED) is 0.315. The summed E-state index contributed by atoms with van der Waals surface area (Å²) in [6.07, 6.45) is 0.532. The summed E-state index contributed by atoms with van der Waals surface area (Å²) < 4.78 is 8.12. The molecule has 0 bridgehead atoms. The summed E-state index contributed by atoms with van der Waals surface area (Å²) in [4.78, 5) is 28.1. The van der Waals surface area contributed by atoms with Gasteiger partial charge in [-0.05, 0) is 56.7 Å². The van der Waals surface area contributed by atoms with Gasteiger partial charge >= 0.3 is 5.97 Å². The highest BCUT2D eigenvalue weighted by Crippen LogP contribution is 2.29. The zero-order chi connectivity index (χ0) is 26.7. The standard InChI is InChI=1S/C27H29BrCl2N4O3/c1-4-37-27(36)25-21-15-33(26(35)19-7-10-22(29)23(30)14-19)16(2)13-24(21)32-34(25)12-11-31-17(3)18-5-8-20(28)9-6-18/h5-10,14,16-17,31H,4,11-13,15H2,1-3H3/t16-,17?/m1/s1. The molecule has 2 heterocycles. The molecular weight excluding hydrogens is 579 g/mol. The first kappa shape index (κ1) is 27.6. The number of rotatable bonds is 8. The van der Waals surface area contributed by atoms with Crippen molar-refractivity contribution in [3.63, 3.8) is 0 Å². The Kier molecular flexibility index (Phi) is 8.95. The topological polar surface area (TPSA) is 76.5 Å². The van der Waals surface area contributed by atoms with E-state index in [0.29, 0.717) is 40.8 Å². The molecule has 0 aliphatic carbocycles. The normalized spacial score (nSPS) is 15.8. The van der Waals surface area contributed by atoms with Crippen LogP contribution in [0.2, 0.25) is 10.0 Å². The third-order valence-corrected chi connectivity index (χ3v) is 7.79. The van der Waals surface area contributed by atoms with Crippen LogP contribution in [0.25, 0.3) is 0 Å². The molecule has 0 radical (unpaired) electrons. The minimum atomic E-state index is -0.436. The van der Waals surface area contributed by atoms with E-state index in [1.807, 2.05) is 19.1 Å². The van der Waals surface area contributed by atoms with E-state index in [9.17, 15) is 9.59 Å². The number of esters is 1. The van der Waals surface area contributed by atoms with E-state index < -0.39 is 5.97 Å². The van der Waals surface area contributed by atoms with Gasteiger partial charge in [0.15, 0.2) is 5.69 Å². The second-order valence-corrected chi connectivity index (χ2v) is 10.8. The molecule has 1 amide bonds. The molecular formula is C27H29BrCl2N4O3. The molecule has 2 aromatic carbocycles. The maximum absolute atomic E-state index is 13.4. The van der Waals surface area contributed by atoms with Gasteiger partial charge < -0.3 is 15.0 Å². The third kappa shape index (κ3) is 6.20. The highest BCUT2D eigenvalue weighted by Gasteiger charge is 2.34. The van der Waals surface area contributed by atoms with Crippen molar-refractivity contribution in [3.8, 4) is 0 Å². The molecule has 37 heavy (non-hydrogen) atoms. The maximum atomic E-state index is 13.4. The molecule has 1 aliphatic rings. The summed E-state index contributed by atoms with van der Waals surface area (Å²) in [5, 5.41) is 8.98. The van der Waals surface area contributed by atoms with Gasteiger partial charge in [-0.2, -0.15) is 5.10 Å². The van der Waals surface area contributed by atoms with Crippen molar-refractivity contribution >= 4 is 51.0 Å². The number of carbonyl (C=O) groups is 2. The van der Waals surface area contributed by atoms with Crippen LogP contribution in [0.3, 0.4) is 0 Å². The number of hydrogen-bond donors (Lipinski definition) is 1. The first-order chi connectivity index (χ1) is 17.7. The van der Waals surface area contributed by atoms with Crippen molar-refractivity contribution in [1.82, 2.24) is 20.0 Å². The van der Waals surface area contributed by atoms with Crippen molar-refractivity contribution in [2.45, 2.75) is 52.4 Å². The number of hydrogen-bond acceptors (Lipinski definition) is 5. The monoisotopic (exact) mass is 606 g/mol. The van der Waals surface area contributed by atoms with E-state index >= 15 is 0 Å². The van der Waals surface area contributed by atoms with Crippen LogP contribution < -0.4 is 5.32 Å².